The summed E-state index contributed by atoms with van der Waals surface area (Å²) in [4.78, 5) is 11.7. The summed E-state index contributed by atoms with van der Waals surface area (Å²) in [6.07, 6.45) is 0. The first-order chi connectivity index (χ1) is 10.1. The maximum absolute atomic E-state index is 11.7. The zero-order chi connectivity index (χ0) is 15.2. The van der Waals surface area contributed by atoms with Crippen molar-refractivity contribution in [3.8, 4) is 5.75 Å². The molecule has 21 heavy (non-hydrogen) atoms. The van der Waals surface area contributed by atoms with Gasteiger partial charge < -0.3 is 15.4 Å². The van der Waals surface area contributed by atoms with E-state index in [1.807, 2.05) is 56.3 Å². The van der Waals surface area contributed by atoms with Gasteiger partial charge in [0.25, 0.3) is 0 Å². The van der Waals surface area contributed by atoms with Crippen LogP contribution in [0.25, 0.3) is 0 Å². The van der Waals surface area contributed by atoms with Gasteiger partial charge in [-0.15, -0.1) is 0 Å². The van der Waals surface area contributed by atoms with Crippen LogP contribution in [0.5, 0.6) is 5.75 Å². The average Bonchev–Trinajstić information content (AvgIpc) is 2.46. The molecule has 0 aromatic heterocycles. The van der Waals surface area contributed by atoms with Crippen LogP contribution in [0.1, 0.15) is 11.1 Å². The molecule has 0 aliphatic heterocycles. The predicted octanol–water partition coefficient (Wildman–Crippen LogP) is 4.22. The third-order valence-electron chi connectivity index (χ3n) is 3.12. The summed E-state index contributed by atoms with van der Waals surface area (Å²) in [5, 5.41) is 5.39. The molecular formula is C16H17BrN2O2. The number of hydrogen-bond acceptors (Lipinski definition) is 2. The molecule has 0 bridgehead atoms. The summed E-state index contributed by atoms with van der Waals surface area (Å²) in [5.74, 6) is 0.777. The number of hydrogen-bond donors (Lipinski definition) is 2. The molecule has 0 saturated carbocycles. The summed E-state index contributed by atoms with van der Waals surface area (Å²) in [6.45, 7) is 4.13. The molecule has 2 aromatic rings. The van der Waals surface area contributed by atoms with Crippen molar-refractivity contribution in [2.45, 2.75) is 13.8 Å². The van der Waals surface area contributed by atoms with Crippen molar-refractivity contribution < 1.29 is 9.53 Å². The van der Waals surface area contributed by atoms with Crippen LogP contribution in [0.3, 0.4) is 0 Å². The lowest BCUT2D eigenvalue weighted by atomic mass is 10.1. The van der Waals surface area contributed by atoms with Gasteiger partial charge in [-0.2, -0.15) is 0 Å². The number of carbonyl (C=O) groups excluding carboxylic acids is 1. The fraction of sp³-hybridized carbons (Fsp3) is 0.188. The van der Waals surface area contributed by atoms with Gasteiger partial charge in [-0.3, -0.25) is 0 Å². The first-order valence-electron chi connectivity index (χ1n) is 6.55. The van der Waals surface area contributed by atoms with Gasteiger partial charge in [-0.1, -0.05) is 28.1 Å². The van der Waals surface area contributed by atoms with Gasteiger partial charge in [-0.05, 0) is 55.3 Å². The van der Waals surface area contributed by atoms with Crippen LogP contribution < -0.4 is 15.4 Å². The SMILES string of the molecule is Cc1cccc(OCNC(=O)Nc2ccc(Br)cc2)c1C. The fourth-order valence-electron chi connectivity index (χ4n) is 1.77. The molecule has 2 N–H and O–H groups in total. The largest absolute Gasteiger partial charge is 0.473 e. The highest BCUT2D eigenvalue weighted by molar-refractivity contribution is 9.10. The number of amides is 2. The van der Waals surface area contributed by atoms with E-state index < -0.39 is 0 Å². The molecule has 0 fully saturated rings. The standard InChI is InChI=1S/C16H17BrN2O2/c1-11-4-3-5-15(12(11)2)21-10-18-16(20)19-14-8-6-13(17)7-9-14/h3-9H,10H2,1-2H3,(H2,18,19,20). The first-order valence-corrected chi connectivity index (χ1v) is 7.35. The third kappa shape index (κ3) is 4.49. The molecule has 2 amide bonds. The Labute approximate surface area is 132 Å². The average molecular weight is 349 g/mol. The van der Waals surface area contributed by atoms with Crippen LogP contribution >= 0.6 is 15.9 Å². The maximum Gasteiger partial charge on any atom is 0.321 e. The summed E-state index contributed by atoms with van der Waals surface area (Å²) >= 11 is 3.34. The predicted molar refractivity (Wildman–Crippen MR) is 87.7 cm³/mol. The first kappa shape index (κ1) is 15.4. The fourth-order valence-corrected chi connectivity index (χ4v) is 2.03. The van der Waals surface area contributed by atoms with E-state index in [4.69, 9.17) is 4.74 Å². The van der Waals surface area contributed by atoms with E-state index in [2.05, 4.69) is 26.6 Å². The van der Waals surface area contributed by atoms with Crippen LogP contribution in [0.4, 0.5) is 10.5 Å². The van der Waals surface area contributed by atoms with Gasteiger partial charge in [0.1, 0.15) is 5.75 Å². The monoisotopic (exact) mass is 348 g/mol. The Morgan fingerprint density at radius 1 is 1.14 bits per heavy atom. The van der Waals surface area contributed by atoms with Gasteiger partial charge in [0, 0.05) is 10.2 Å². The van der Waals surface area contributed by atoms with Crippen molar-refractivity contribution in [3.05, 3.63) is 58.1 Å². The number of carbonyl (C=O) groups is 1. The topological polar surface area (TPSA) is 50.4 Å². The Morgan fingerprint density at radius 3 is 2.57 bits per heavy atom. The van der Waals surface area contributed by atoms with Crippen LogP contribution in [0.15, 0.2) is 46.9 Å². The summed E-state index contributed by atoms with van der Waals surface area (Å²) < 4.78 is 6.53. The number of nitrogens with one attached hydrogen (secondary N) is 2. The molecule has 2 rings (SSSR count). The highest BCUT2D eigenvalue weighted by Crippen LogP contribution is 2.20. The lowest BCUT2D eigenvalue weighted by Crippen LogP contribution is -2.32. The van der Waals surface area contributed by atoms with E-state index in [1.165, 1.54) is 0 Å². The maximum atomic E-state index is 11.7. The summed E-state index contributed by atoms with van der Waals surface area (Å²) in [7, 11) is 0. The molecule has 0 atom stereocenters. The van der Waals surface area contributed by atoms with Gasteiger partial charge in [0.05, 0.1) is 0 Å². The number of halogens is 1. The smallest absolute Gasteiger partial charge is 0.321 e. The Hall–Kier alpha value is -2.01. The number of rotatable bonds is 4. The molecule has 5 heteroatoms. The molecule has 0 radical (unpaired) electrons. The summed E-state index contributed by atoms with van der Waals surface area (Å²) in [5.41, 5.74) is 2.96. The highest BCUT2D eigenvalue weighted by Gasteiger charge is 2.04. The number of aryl methyl sites for hydroxylation is 1. The molecule has 0 heterocycles. The van der Waals surface area contributed by atoms with Gasteiger partial charge >= 0.3 is 6.03 Å². The highest BCUT2D eigenvalue weighted by atomic mass is 79.9. The van der Waals surface area contributed by atoms with E-state index in [1.54, 1.807) is 0 Å². The molecule has 0 aliphatic rings. The van der Waals surface area contributed by atoms with Crippen LogP contribution in [-0.4, -0.2) is 12.8 Å². The molecule has 2 aromatic carbocycles. The normalized spacial score (nSPS) is 10.0. The Bertz CT molecular complexity index is 627. The van der Waals surface area contributed by atoms with Crippen molar-refractivity contribution in [1.82, 2.24) is 5.32 Å². The van der Waals surface area contributed by atoms with Gasteiger partial charge in [-0.25, -0.2) is 4.79 Å². The molecule has 0 unspecified atom stereocenters. The van der Waals surface area contributed by atoms with Crippen molar-refractivity contribution in [1.29, 1.82) is 0 Å². The zero-order valence-corrected chi connectivity index (χ0v) is 13.5. The van der Waals surface area contributed by atoms with Crippen molar-refractivity contribution >= 4 is 27.6 Å². The number of ether oxygens (including phenoxy) is 1. The summed E-state index contributed by atoms with van der Waals surface area (Å²) in [6, 6.07) is 12.9. The molecule has 4 nitrogen and oxygen atoms in total. The Morgan fingerprint density at radius 2 is 1.86 bits per heavy atom. The number of urea groups is 1. The second-order valence-electron chi connectivity index (χ2n) is 4.62. The number of benzene rings is 2. The van der Waals surface area contributed by atoms with Gasteiger partial charge in [0.15, 0.2) is 6.73 Å². The van der Waals surface area contributed by atoms with Crippen LogP contribution in [0.2, 0.25) is 0 Å². The van der Waals surface area contributed by atoms with E-state index in [0.717, 1.165) is 27.0 Å². The second kappa shape index (κ2) is 7.13. The van der Waals surface area contributed by atoms with Crippen molar-refractivity contribution in [2.24, 2.45) is 0 Å². The molecule has 0 saturated heterocycles. The van der Waals surface area contributed by atoms with Crippen molar-refractivity contribution in [3.63, 3.8) is 0 Å². The third-order valence-corrected chi connectivity index (χ3v) is 3.65. The second-order valence-corrected chi connectivity index (χ2v) is 5.54. The molecular weight excluding hydrogens is 332 g/mol. The Kier molecular flexibility index (Phi) is 5.22. The van der Waals surface area contributed by atoms with Crippen LogP contribution in [-0.2, 0) is 0 Å². The minimum Gasteiger partial charge on any atom is -0.473 e. The van der Waals surface area contributed by atoms with E-state index >= 15 is 0 Å². The molecule has 0 aliphatic carbocycles. The van der Waals surface area contributed by atoms with Gasteiger partial charge in [0.2, 0.25) is 0 Å². The van der Waals surface area contributed by atoms with E-state index in [-0.39, 0.29) is 12.8 Å². The quantitative estimate of drug-likeness (QED) is 0.812. The lowest BCUT2D eigenvalue weighted by Gasteiger charge is -2.12. The minimum absolute atomic E-state index is 0.118. The van der Waals surface area contributed by atoms with Crippen LogP contribution in [0, 0.1) is 13.8 Å². The van der Waals surface area contributed by atoms with E-state index in [0.29, 0.717) is 0 Å². The zero-order valence-electron chi connectivity index (χ0n) is 11.9. The Balaban J connectivity index is 1.81. The molecule has 0 spiro atoms. The number of anilines is 1. The van der Waals surface area contributed by atoms with Crippen molar-refractivity contribution in [2.75, 3.05) is 12.0 Å². The lowest BCUT2D eigenvalue weighted by molar-refractivity contribution is 0.234. The van der Waals surface area contributed by atoms with E-state index in [9.17, 15) is 4.79 Å². The minimum atomic E-state index is -0.303. The molecule has 110 valence electrons.